The van der Waals surface area contributed by atoms with Gasteiger partial charge in [0.15, 0.2) is 0 Å². The molecule has 0 heterocycles. The number of nitriles is 1. The largest absolute Gasteiger partial charge is 0.497 e. The summed E-state index contributed by atoms with van der Waals surface area (Å²) in [6.07, 6.45) is -0.185. The first-order valence-corrected chi connectivity index (χ1v) is 6.71. The van der Waals surface area contributed by atoms with Gasteiger partial charge in [-0.05, 0) is 47.9 Å². The maximum Gasteiger partial charge on any atom is 0.119 e. The van der Waals surface area contributed by atoms with Crippen LogP contribution in [0.4, 0.5) is 0 Å². The van der Waals surface area contributed by atoms with Crippen molar-refractivity contribution in [3.8, 4) is 11.8 Å². The zero-order chi connectivity index (χ0) is 14.8. The van der Waals surface area contributed by atoms with Crippen molar-refractivity contribution in [2.75, 3.05) is 7.11 Å². The second-order valence-electron chi connectivity index (χ2n) is 5.26. The van der Waals surface area contributed by atoms with E-state index >= 15 is 0 Å². The Morgan fingerprint density at radius 3 is 2.50 bits per heavy atom. The summed E-state index contributed by atoms with van der Waals surface area (Å²) in [6, 6.07) is 13.8. The summed E-state index contributed by atoms with van der Waals surface area (Å²) < 4.78 is 5.20. The third kappa shape index (κ3) is 2.48. The van der Waals surface area contributed by atoms with Crippen molar-refractivity contribution in [2.24, 2.45) is 5.41 Å². The lowest BCUT2D eigenvalue weighted by atomic mass is 9.79. The standard InChI is InChI=1S/C17H19NO2/c1-4-17(2,11-18)16(19)14-6-5-13-10-15(20-3)8-7-12(13)9-14/h5-10,16,19H,4H2,1-3H3. The van der Waals surface area contributed by atoms with Crippen LogP contribution in [0.25, 0.3) is 10.8 Å². The number of nitrogens with zero attached hydrogens (tertiary/aromatic N) is 1. The monoisotopic (exact) mass is 269 g/mol. The van der Waals surface area contributed by atoms with Gasteiger partial charge in [-0.3, -0.25) is 0 Å². The molecule has 0 aromatic heterocycles. The Hall–Kier alpha value is -2.05. The predicted molar refractivity (Wildman–Crippen MR) is 79.5 cm³/mol. The average molecular weight is 269 g/mol. The first kappa shape index (κ1) is 14.4. The Morgan fingerprint density at radius 2 is 1.90 bits per heavy atom. The van der Waals surface area contributed by atoms with E-state index in [-0.39, 0.29) is 0 Å². The van der Waals surface area contributed by atoms with Crippen LogP contribution in [0.1, 0.15) is 31.9 Å². The SMILES string of the molecule is CCC(C)(C#N)C(O)c1ccc2cc(OC)ccc2c1. The van der Waals surface area contributed by atoms with E-state index in [2.05, 4.69) is 6.07 Å². The van der Waals surface area contributed by atoms with Gasteiger partial charge in [-0.1, -0.05) is 25.1 Å². The molecule has 0 aliphatic rings. The summed E-state index contributed by atoms with van der Waals surface area (Å²) in [4.78, 5) is 0. The van der Waals surface area contributed by atoms with E-state index in [1.165, 1.54) is 0 Å². The van der Waals surface area contributed by atoms with Crippen LogP contribution in [-0.4, -0.2) is 12.2 Å². The highest BCUT2D eigenvalue weighted by Crippen LogP contribution is 2.37. The fourth-order valence-corrected chi connectivity index (χ4v) is 2.24. The third-order valence-corrected chi connectivity index (χ3v) is 3.98. The van der Waals surface area contributed by atoms with Crippen LogP contribution < -0.4 is 4.74 Å². The Bertz CT molecular complexity index is 660. The molecule has 2 aromatic carbocycles. The molecule has 2 atom stereocenters. The summed E-state index contributed by atoms with van der Waals surface area (Å²) in [7, 11) is 1.64. The highest BCUT2D eigenvalue weighted by molar-refractivity contribution is 5.84. The van der Waals surface area contributed by atoms with Gasteiger partial charge in [-0.25, -0.2) is 0 Å². The van der Waals surface area contributed by atoms with Crippen molar-refractivity contribution in [3.05, 3.63) is 42.0 Å². The number of ether oxygens (including phenoxy) is 1. The Morgan fingerprint density at radius 1 is 1.25 bits per heavy atom. The van der Waals surface area contributed by atoms with Gasteiger partial charge in [0.1, 0.15) is 5.75 Å². The average Bonchev–Trinajstić information content (AvgIpc) is 2.52. The Kier molecular flexibility index (Phi) is 3.96. The molecule has 0 fully saturated rings. The lowest BCUT2D eigenvalue weighted by Crippen LogP contribution is -2.22. The minimum absolute atomic E-state index is 0.602. The van der Waals surface area contributed by atoms with Gasteiger partial charge in [-0.2, -0.15) is 5.26 Å². The quantitative estimate of drug-likeness (QED) is 0.918. The molecule has 2 aromatic rings. The Labute approximate surface area is 119 Å². The summed E-state index contributed by atoms with van der Waals surface area (Å²) >= 11 is 0. The molecule has 0 saturated carbocycles. The number of methoxy groups -OCH3 is 1. The van der Waals surface area contributed by atoms with E-state index in [1.807, 2.05) is 43.3 Å². The van der Waals surface area contributed by atoms with Crippen LogP contribution >= 0.6 is 0 Å². The molecule has 0 aliphatic carbocycles. The van der Waals surface area contributed by atoms with Gasteiger partial charge in [0.2, 0.25) is 0 Å². The molecule has 3 heteroatoms. The van der Waals surface area contributed by atoms with E-state index in [1.54, 1.807) is 14.0 Å². The summed E-state index contributed by atoms with van der Waals surface area (Å²) in [6.45, 7) is 3.70. The van der Waals surface area contributed by atoms with E-state index in [9.17, 15) is 10.4 Å². The van der Waals surface area contributed by atoms with Gasteiger partial charge in [0.05, 0.1) is 24.7 Å². The smallest absolute Gasteiger partial charge is 0.119 e. The highest BCUT2D eigenvalue weighted by Gasteiger charge is 2.32. The number of fused-ring (bicyclic) bond motifs is 1. The highest BCUT2D eigenvalue weighted by atomic mass is 16.5. The molecule has 1 N–H and O–H groups in total. The van der Waals surface area contributed by atoms with Crippen LogP contribution in [0, 0.1) is 16.7 Å². The third-order valence-electron chi connectivity index (χ3n) is 3.98. The number of hydrogen-bond donors (Lipinski definition) is 1. The van der Waals surface area contributed by atoms with Crippen molar-refractivity contribution < 1.29 is 9.84 Å². The van der Waals surface area contributed by atoms with Crippen LogP contribution in [0.5, 0.6) is 5.75 Å². The minimum Gasteiger partial charge on any atom is -0.497 e. The Balaban J connectivity index is 2.45. The lowest BCUT2D eigenvalue weighted by Gasteiger charge is -2.26. The van der Waals surface area contributed by atoms with Crippen LogP contribution in [0.3, 0.4) is 0 Å². The zero-order valence-electron chi connectivity index (χ0n) is 12.1. The maximum atomic E-state index is 10.5. The zero-order valence-corrected chi connectivity index (χ0v) is 12.1. The number of hydrogen-bond acceptors (Lipinski definition) is 3. The number of rotatable bonds is 4. The van der Waals surface area contributed by atoms with Gasteiger partial charge in [0.25, 0.3) is 0 Å². The fourth-order valence-electron chi connectivity index (χ4n) is 2.24. The second kappa shape index (κ2) is 5.52. The van der Waals surface area contributed by atoms with E-state index in [0.717, 1.165) is 22.1 Å². The molecule has 104 valence electrons. The van der Waals surface area contributed by atoms with E-state index < -0.39 is 11.5 Å². The molecule has 0 aliphatic heterocycles. The molecular formula is C17H19NO2. The number of aliphatic hydroxyl groups excluding tert-OH is 1. The van der Waals surface area contributed by atoms with E-state index in [0.29, 0.717) is 6.42 Å². The van der Waals surface area contributed by atoms with Gasteiger partial charge < -0.3 is 9.84 Å². The maximum absolute atomic E-state index is 10.5. The topological polar surface area (TPSA) is 53.2 Å². The molecule has 0 amide bonds. The molecule has 0 spiro atoms. The van der Waals surface area contributed by atoms with Gasteiger partial charge >= 0.3 is 0 Å². The van der Waals surface area contributed by atoms with Crippen LogP contribution in [-0.2, 0) is 0 Å². The molecule has 3 nitrogen and oxygen atoms in total. The minimum atomic E-state index is -0.788. The first-order valence-electron chi connectivity index (χ1n) is 6.71. The van der Waals surface area contributed by atoms with Crippen molar-refractivity contribution in [2.45, 2.75) is 26.4 Å². The summed E-state index contributed by atoms with van der Waals surface area (Å²) in [5, 5.41) is 21.8. The summed E-state index contributed by atoms with van der Waals surface area (Å²) in [5.74, 6) is 0.807. The molecule has 20 heavy (non-hydrogen) atoms. The van der Waals surface area contributed by atoms with Crippen molar-refractivity contribution in [3.63, 3.8) is 0 Å². The molecular weight excluding hydrogens is 250 g/mol. The normalized spacial score (nSPS) is 15.3. The molecule has 2 rings (SSSR count). The molecule has 0 bridgehead atoms. The van der Waals surface area contributed by atoms with Crippen molar-refractivity contribution in [1.29, 1.82) is 5.26 Å². The lowest BCUT2D eigenvalue weighted by molar-refractivity contribution is 0.0723. The van der Waals surface area contributed by atoms with Crippen LogP contribution in [0.15, 0.2) is 36.4 Å². The second-order valence-corrected chi connectivity index (χ2v) is 5.26. The van der Waals surface area contributed by atoms with Gasteiger partial charge in [-0.15, -0.1) is 0 Å². The summed E-state index contributed by atoms with van der Waals surface area (Å²) in [5.41, 5.74) is 0.00808. The molecule has 0 radical (unpaired) electrons. The number of benzene rings is 2. The van der Waals surface area contributed by atoms with Crippen molar-refractivity contribution >= 4 is 10.8 Å². The number of aliphatic hydroxyl groups is 1. The van der Waals surface area contributed by atoms with E-state index in [4.69, 9.17) is 4.74 Å². The fraction of sp³-hybridized carbons (Fsp3) is 0.353. The van der Waals surface area contributed by atoms with Gasteiger partial charge in [0, 0.05) is 0 Å². The van der Waals surface area contributed by atoms with Crippen LogP contribution in [0.2, 0.25) is 0 Å². The molecule has 2 unspecified atom stereocenters. The predicted octanol–water partition coefficient (Wildman–Crippen LogP) is 3.82. The van der Waals surface area contributed by atoms with Crippen molar-refractivity contribution in [1.82, 2.24) is 0 Å². The first-order chi connectivity index (χ1) is 9.54. The molecule has 0 saturated heterocycles.